The number of nitrogens with zero attached hydrogens (tertiary/aromatic N) is 6. The van der Waals surface area contributed by atoms with Crippen LogP contribution in [0.1, 0.15) is 52.9 Å². The number of ether oxygens (including phenoxy) is 2. The molecule has 0 radical (unpaired) electrons. The lowest BCUT2D eigenvalue weighted by atomic mass is 9.98. The van der Waals surface area contributed by atoms with Crippen molar-refractivity contribution in [2.45, 2.75) is 44.6 Å². The van der Waals surface area contributed by atoms with Crippen molar-refractivity contribution in [2.24, 2.45) is 0 Å². The molecule has 2 aromatic heterocycles. The molecular formula is C44H48N6O3. The van der Waals surface area contributed by atoms with E-state index in [0.717, 1.165) is 123 Å². The zero-order valence-electron chi connectivity index (χ0n) is 30.5. The van der Waals surface area contributed by atoms with Gasteiger partial charge in [-0.25, -0.2) is 0 Å². The molecule has 4 aliphatic rings. The van der Waals surface area contributed by atoms with Crippen molar-refractivity contribution in [1.82, 2.24) is 24.7 Å². The quantitative estimate of drug-likeness (QED) is 0.159. The maximum absolute atomic E-state index is 14.6. The van der Waals surface area contributed by atoms with Crippen molar-refractivity contribution < 1.29 is 14.3 Å². The second kappa shape index (κ2) is 15.2. The number of pyridine rings is 2. The minimum atomic E-state index is 0.124. The summed E-state index contributed by atoms with van der Waals surface area (Å²) in [5, 5.41) is 0.899. The summed E-state index contributed by atoms with van der Waals surface area (Å²) in [6.07, 6.45) is 10.1. The molecule has 0 spiro atoms. The van der Waals surface area contributed by atoms with Gasteiger partial charge in [-0.3, -0.25) is 19.7 Å². The number of piperazine rings is 1. The van der Waals surface area contributed by atoms with E-state index in [1.54, 1.807) is 0 Å². The molecule has 1 amide bonds. The van der Waals surface area contributed by atoms with Crippen LogP contribution in [0.25, 0.3) is 22.0 Å². The van der Waals surface area contributed by atoms with Crippen molar-refractivity contribution in [3.63, 3.8) is 0 Å². The van der Waals surface area contributed by atoms with Crippen molar-refractivity contribution in [1.29, 1.82) is 0 Å². The molecule has 3 fully saturated rings. The van der Waals surface area contributed by atoms with Gasteiger partial charge in [0.2, 0.25) is 6.79 Å². The van der Waals surface area contributed by atoms with Gasteiger partial charge >= 0.3 is 0 Å². The molecule has 0 saturated carbocycles. The molecule has 3 aromatic carbocycles. The summed E-state index contributed by atoms with van der Waals surface area (Å²) in [4.78, 5) is 33.7. The molecular weight excluding hydrogens is 661 g/mol. The Bertz CT molecular complexity index is 2060. The van der Waals surface area contributed by atoms with Gasteiger partial charge in [0, 0.05) is 87.4 Å². The van der Waals surface area contributed by atoms with E-state index in [1.807, 2.05) is 24.5 Å². The van der Waals surface area contributed by atoms with Crippen LogP contribution in [0, 0.1) is 0 Å². The summed E-state index contributed by atoms with van der Waals surface area (Å²) in [7, 11) is 0. The van der Waals surface area contributed by atoms with Crippen LogP contribution in [0.15, 0.2) is 91.3 Å². The first-order chi connectivity index (χ1) is 26.1. The van der Waals surface area contributed by atoms with Gasteiger partial charge in [0.15, 0.2) is 11.5 Å². The summed E-state index contributed by atoms with van der Waals surface area (Å²) in [6.45, 7) is 9.56. The minimum absolute atomic E-state index is 0.124. The Morgan fingerprint density at radius 2 is 1.49 bits per heavy atom. The van der Waals surface area contributed by atoms with E-state index in [2.05, 4.69) is 91.3 Å². The number of hydrogen-bond donors (Lipinski definition) is 0. The third kappa shape index (κ3) is 7.46. The summed E-state index contributed by atoms with van der Waals surface area (Å²) >= 11 is 0. The number of carbonyl (C=O) groups is 1. The average Bonchev–Trinajstić information content (AvgIpc) is 4.01. The lowest BCUT2D eigenvalue weighted by molar-refractivity contribution is 0.0710. The number of aromatic nitrogens is 2. The molecule has 4 aliphatic heterocycles. The second-order valence-electron chi connectivity index (χ2n) is 15.0. The first kappa shape index (κ1) is 33.8. The topological polar surface area (TPSA) is 74.3 Å². The Morgan fingerprint density at radius 3 is 2.32 bits per heavy atom. The van der Waals surface area contributed by atoms with E-state index < -0.39 is 0 Å². The molecule has 272 valence electrons. The highest BCUT2D eigenvalue weighted by atomic mass is 16.7. The highest BCUT2D eigenvalue weighted by Gasteiger charge is 2.32. The van der Waals surface area contributed by atoms with Gasteiger partial charge < -0.3 is 24.2 Å². The summed E-state index contributed by atoms with van der Waals surface area (Å²) in [6, 6.07) is 27.8. The molecule has 6 heterocycles. The first-order valence-electron chi connectivity index (χ1n) is 19.5. The monoisotopic (exact) mass is 708 g/mol. The van der Waals surface area contributed by atoms with E-state index in [4.69, 9.17) is 14.5 Å². The summed E-state index contributed by atoms with van der Waals surface area (Å²) in [5.41, 5.74) is 8.38. The van der Waals surface area contributed by atoms with E-state index in [-0.39, 0.29) is 18.7 Å². The second-order valence-corrected chi connectivity index (χ2v) is 15.0. The highest BCUT2D eigenvalue weighted by Crippen LogP contribution is 2.37. The fourth-order valence-corrected chi connectivity index (χ4v) is 8.61. The Balaban J connectivity index is 0.944. The van der Waals surface area contributed by atoms with Crippen LogP contribution >= 0.6 is 0 Å². The minimum Gasteiger partial charge on any atom is -0.454 e. The van der Waals surface area contributed by atoms with Crippen molar-refractivity contribution in [2.75, 3.05) is 70.6 Å². The predicted molar refractivity (Wildman–Crippen MR) is 209 cm³/mol. The standard InChI is InChI=1S/C44H48N6O3/c51-44(50-20-3-4-38(50)30-48-18-1-2-19-48)40-29-36(46-41-11-7-34(27-39(40)41)35-8-12-42-43(28-35)53-31-52-42)26-33-5-9-37(10-6-33)49-24-22-47(23-25-49)21-15-32-13-16-45-17-14-32/h5-14,16-17,27-29,38H,1-4,15,18-26,30-31H2. The molecule has 0 bridgehead atoms. The number of anilines is 1. The van der Waals surface area contributed by atoms with Crippen LogP contribution in [0.3, 0.4) is 0 Å². The SMILES string of the molecule is O=C(c1cc(Cc2ccc(N3CCN(CCc4ccncc4)CC3)cc2)nc2ccc(-c3ccc4c(c3)OCO4)cc12)N1CCCC1CN1CCCC1. The molecule has 1 unspecified atom stereocenters. The molecule has 1 atom stereocenters. The van der Waals surface area contributed by atoms with Gasteiger partial charge in [0.05, 0.1) is 11.1 Å². The van der Waals surface area contributed by atoms with Gasteiger partial charge in [-0.2, -0.15) is 0 Å². The largest absolute Gasteiger partial charge is 0.454 e. The molecule has 0 N–H and O–H groups in total. The van der Waals surface area contributed by atoms with E-state index in [9.17, 15) is 4.79 Å². The summed E-state index contributed by atoms with van der Waals surface area (Å²) in [5.74, 6) is 1.64. The van der Waals surface area contributed by atoms with E-state index in [1.165, 1.54) is 29.7 Å². The van der Waals surface area contributed by atoms with E-state index >= 15 is 0 Å². The number of amides is 1. The highest BCUT2D eigenvalue weighted by molar-refractivity contribution is 6.07. The Hall–Kier alpha value is -4.99. The average molecular weight is 709 g/mol. The van der Waals surface area contributed by atoms with Crippen LogP contribution in [-0.4, -0.2) is 102 Å². The fraction of sp³-hybridized carbons (Fsp3) is 0.386. The third-order valence-corrected chi connectivity index (χ3v) is 11.6. The predicted octanol–water partition coefficient (Wildman–Crippen LogP) is 6.68. The van der Waals surface area contributed by atoms with Gasteiger partial charge in [-0.05, 0) is 122 Å². The van der Waals surface area contributed by atoms with Gasteiger partial charge in [-0.15, -0.1) is 0 Å². The zero-order chi connectivity index (χ0) is 35.6. The lowest BCUT2D eigenvalue weighted by Crippen LogP contribution is -2.47. The molecule has 9 rings (SSSR count). The smallest absolute Gasteiger partial charge is 0.254 e. The van der Waals surface area contributed by atoms with E-state index in [0.29, 0.717) is 6.42 Å². The molecule has 9 nitrogen and oxygen atoms in total. The molecule has 0 aliphatic carbocycles. The van der Waals surface area contributed by atoms with Crippen LogP contribution < -0.4 is 14.4 Å². The fourth-order valence-electron chi connectivity index (χ4n) is 8.61. The molecule has 9 heteroatoms. The molecule has 5 aromatic rings. The third-order valence-electron chi connectivity index (χ3n) is 11.6. The molecule has 53 heavy (non-hydrogen) atoms. The Morgan fingerprint density at radius 1 is 0.717 bits per heavy atom. The van der Waals surface area contributed by atoms with Crippen molar-refractivity contribution >= 4 is 22.5 Å². The number of fused-ring (bicyclic) bond motifs is 2. The molecule has 3 saturated heterocycles. The number of hydrogen-bond acceptors (Lipinski definition) is 8. The summed E-state index contributed by atoms with van der Waals surface area (Å²) < 4.78 is 11.2. The normalized spacial score (nSPS) is 19.1. The maximum atomic E-state index is 14.6. The van der Waals surface area contributed by atoms with Gasteiger partial charge in [-0.1, -0.05) is 24.3 Å². The Kier molecular flexibility index (Phi) is 9.68. The van der Waals surface area contributed by atoms with Crippen LogP contribution in [-0.2, 0) is 12.8 Å². The lowest BCUT2D eigenvalue weighted by Gasteiger charge is -2.36. The number of benzene rings is 3. The maximum Gasteiger partial charge on any atom is 0.254 e. The number of carbonyl (C=O) groups excluding carboxylic acids is 1. The number of likely N-dealkylation sites (tertiary alicyclic amines) is 2. The Labute approximate surface area is 312 Å². The van der Waals surface area contributed by atoms with Crippen molar-refractivity contribution in [3.8, 4) is 22.6 Å². The van der Waals surface area contributed by atoms with Crippen LogP contribution in [0.5, 0.6) is 11.5 Å². The van der Waals surface area contributed by atoms with Crippen LogP contribution in [0.4, 0.5) is 5.69 Å². The van der Waals surface area contributed by atoms with Gasteiger partial charge in [0.1, 0.15) is 0 Å². The van der Waals surface area contributed by atoms with Crippen molar-refractivity contribution in [3.05, 3.63) is 114 Å². The van der Waals surface area contributed by atoms with Gasteiger partial charge in [0.25, 0.3) is 5.91 Å². The first-order valence-corrected chi connectivity index (χ1v) is 19.5. The zero-order valence-corrected chi connectivity index (χ0v) is 30.5. The number of rotatable bonds is 10. The van der Waals surface area contributed by atoms with Crippen LogP contribution in [0.2, 0.25) is 0 Å².